The largest absolute Gasteiger partial charge is 0.490 e. The maximum Gasteiger partial charge on any atom is 0.405 e. The van der Waals surface area contributed by atoms with Crippen molar-refractivity contribution in [3.8, 4) is 17.1 Å². The zero-order chi connectivity index (χ0) is 36.7. The molecule has 11 nitrogen and oxygen atoms in total. The summed E-state index contributed by atoms with van der Waals surface area (Å²) in [6, 6.07) is 23.9. The molecule has 0 radical (unpaired) electrons. The summed E-state index contributed by atoms with van der Waals surface area (Å²) in [6.07, 6.45) is -4.97. The molecule has 2 aromatic carbocycles. The Morgan fingerprint density at radius 2 is 1.75 bits per heavy atom. The molecule has 4 aromatic rings. The summed E-state index contributed by atoms with van der Waals surface area (Å²) in [5, 5.41) is 27.1. The van der Waals surface area contributed by atoms with Crippen molar-refractivity contribution in [3.63, 3.8) is 0 Å². The van der Waals surface area contributed by atoms with E-state index in [1.807, 2.05) is 52.7 Å². The lowest BCUT2D eigenvalue weighted by atomic mass is 9.92. The maximum absolute atomic E-state index is 13.9. The number of nitrogens with zero attached hydrogens (tertiary/aromatic N) is 3. The molecule has 2 aliphatic rings. The van der Waals surface area contributed by atoms with Crippen molar-refractivity contribution in [2.24, 2.45) is 5.92 Å². The van der Waals surface area contributed by atoms with Crippen molar-refractivity contribution < 1.29 is 42.1 Å². The number of aliphatic hydroxyl groups is 2. The van der Waals surface area contributed by atoms with E-state index >= 15 is 0 Å². The molecule has 0 saturated carbocycles. The number of hydrogen-bond acceptors (Lipinski definition) is 9. The second-order valence-corrected chi connectivity index (χ2v) is 13.2. The fourth-order valence-electron chi connectivity index (χ4n) is 6.75. The summed E-state index contributed by atoms with van der Waals surface area (Å²) < 4.78 is 51.0. The minimum absolute atomic E-state index is 0.00658. The molecule has 2 amide bonds. The Morgan fingerprint density at radius 3 is 2.52 bits per heavy atom. The van der Waals surface area contributed by atoms with Crippen LogP contribution in [0.2, 0.25) is 0 Å². The summed E-state index contributed by atoms with van der Waals surface area (Å²) in [7, 11) is 0. The zero-order valence-corrected chi connectivity index (χ0v) is 28.4. The second kappa shape index (κ2) is 16.7. The van der Waals surface area contributed by atoms with Crippen LogP contribution >= 0.6 is 0 Å². The zero-order valence-electron chi connectivity index (χ0n) is 28.4. The van der Waals surface area contributed by atoms with Crippen molar-refractivity contribution >= 4 is 11.8 Å². The number of alkyl halides is 3. The molecular weight excluding hydrogens is 679 g/mol. The highest BCUT2D eigenvalue weighted by molar-refractivity contribution is 5.82. The van der Waals surface area contributed by atoms with Crippen molar-refractivity contribution in [2.45, 2.75) is 49.9 Å². The lowest BCUT2D eigenvalue weighted by Gasteiger charge is -2.41. The molecule has 276 valence electrons. The van der Waals surface area contributed by atoms with Gasteiger partial charge in [0.15, 0.2) is 0 Å². The van der Waals surface area contributed by atoms with Gasteiger partial charge in [0.05, 0.1) is 18.7 Å². The van der Waals surface area contributed by atoms with E-state index in [0.29, 0.717) is 41.6 Å². The number of piperazine rings is 1. The third-order valence-electron chi connectivity index (χ3n) is 9.34. The first-order valence-electron chi connectivity index (χ1n) is 17.3. The number of hydrogen-bond donors (Lipinski definition) is 4. The number of aromatic nitrogens is 1. The van der Waals surface area contributed by atoms with Crippen LogP contribution in [0.5, 0.6) is 5.75 Å². The number of carbonyl (C=O) groups excluding carboxylic acids is 2. The van der Waals surface area contributed by atoms with E-state index in [2.05, 4.69) is 10.3 Å². The van der Waals surface area contributed by atoms with E-state index in [1.165, 1.54) is 0 Å². The minimum atomic E-state index is -4.60. The fraction of sp³-hybridized carbons (Fsp3) is 0.395. The molecule has 52 heavy (non-hydrogen) atoms. The summed E-state index contributed by atoms with van der Waals surface area (Å²) >= 11 is 0. The van der Waals surface area contributed by atoms with Crippen molar-refractivity contribution in [2.75, 3.05) is 39.3 Å². The number of ether oxygens (including phenoxy) is 1. The lowest BCUT2D eigenvalue weighted by molar-refractivity contribution is -0.143. The highest BCUT2D eigenvalue weighted by Crippen LogP contribution is 2.32. The van der Waals surface area contributed by atoms with Crippen LogP contribution < -0.4 is 15.4 Å². The number of carbonyl (C=O) groups is 2. The summed E-state index contributed by atoms with van der Waals surface area (Å²) in [6.45, 7) is -0.397. The van der Waals surface area contributed by atoms with E-state index in [9.17, 15) is 33.0 Å². The number of β-amino-alcohol motifs (C(OH)–C–C–N with tert-alkyl or cyclic N) is 1. The Labute approximate surface area is 299 Å². The van der Waals surface area contributed by atoms with Gasteiger partial charge in [0.25, 0.3) is 0 Å². The Balaban J connectivity index is 1.15. The molecule has 4 N–H and O–H groups in total. The molecule has 0 bridgehead atoms. The maximum atomic E-state index is 13.9. The van der Waals surface area contributed by atoms with Crippen LogP contribution in [-0.4, -0.2) is 101 Å². The summed E-state index contributed by atoms with van der Waals surface area (Å²) in [5.41, 5.74) is 2.15. The van der Waals surface area contributed by atoms with E-state index in [-0.39, 0.29) is 39.1 Å². The topological polar surface area (TPSA) is 140 Å². The van der Waals surface area contributed by atoms with E-state index < -0.39 is 54.7 Å². The molecule has 2 aromatic heterocycles. The Hall–Kier alpha value is -4.76. The highest BCUT2D eigenvalue weighted by atomic mass is 19.4. The van der Waals surface area contributed by atoms with Gasteiger partial charge in [0.2, 0.25) is 11.8 Å². The van der Waals surface area contributed by atoms with E-state index in [1.54, 1.807) is 53.6 Å². The standard InChI is InChI=1S/C38H42F3N5O6/c39-38(40,41)24-43-37(50)31-22-45(21-29-13-14-33(52-29)25-8-2-1-3-9-25)16-17-46(31)20-28(47)19-26(18-27-10-6-7-15-42-27)36(49)44-35-30-11-4-5-12-34(30)51-23-32(35)48/h1-15,26,28,31-32,35,47-48H,16-24H2,(H,43,50)(H,44,49)/t26-,28+,31+,32-,35+/m1/s1. The summed E-state index contributed by atoms with van der Waals surface area (Å²) in [4.78, 5) is 35.1. The van der Waals surface area contributed by atoms with Crippen LogP contribution in [-0.2, 0) is 22.6 Å². The molecule has 5 atom stereocenters. The SMILES string of the molecule is O=C(N[C@H]1c2ccccc2OC[C@H]1O)[C@H](Cc1ccccn1)C[C@H](O)CN1CCN(Cc2ccc(-c3ccccc3)o2)C[C@H]1C(=O)NCC(F)(F)F. The van der Waals surface area contributed by atoms with Crippen LogP contribution in [0.4, 0.5) is 13.2 Å². The molecule has 14 heteroatoms. The van der Waals surface area contributed by atoms with Gasteiger partial charge in [-0.15, -0.1) is 0 Å². The van der Waals surface area contributed by atoms with E-state index in [4.69, 9.17) is 9.15 Å². The quantitative estimate of drug-likeness (QED) is 0.163. The minimum Gasteiger partial charge on any atom is -0.490 e. The first-order chi connectivity index (χ1) is 25.0. The van der Waals surface area contributed by atoms with Gasteiger partial charge < -0.3 is 30.0 Å². The number of nitrogens with one attached hydrogen (secondary N) is 2. The number of pyridine rings is 1. The van der Waals surface area contributed by atoms with Crippen LogP contribution in [0.3, 0.4) is 0 Å². The monoisotopic (exact) mass is 721 g/mol. The first kappa shape index (κ1) is 37.0. The number of amides is 2. The first-order valence-corrected chi connectivity index (χ1v) is 17.3. The van der Waals surface area contributed by atoms with Gasteiger partial charge in [-0.3, -0.25) is 24.4 Å². The molecule has 0 unspecified atom stereocenters. The average molecular weight is 722 g/mol. The number of halogens is 3. The number of furan rings is 1. The Bertz CT molecular complexity index is 1780. The van der Waals surface area contributed by atoms with Crippen molar-refractivity contribution in [1.82, 2.24) is 25.4 Å². The predicted octanol–water partition coefficient (Wildman–Crippen LogP) is 3.73. The smallest absolute Gasteiger partial charge is 0.405 e. The predicted molar refractivity (Wildman–Crippen MR) is 185 cm³/mol. The Morgan fingerprint density at radius 1 is 0.981 bits per heavy atom. The normalized spacial score (nSPS) is 20.7. The number of aliphatic hydroxyl groups excluding tert-OH is 2. The van der Waals surface area contributed by atoms with Gasteiger partial charge in [-0.05, 0) is 36.8 Å². The Kier molecular flexibility index (Phi) is 11.9. The van der Waals surface area contributed by atoms with Gasteiger partial charge in [-0.2, -0.15) is 13.2 Å². The molecule has 2 aliphatic heterocycles. The number of para-hydroxylation sites is 1. The van der Waals surface area contributed by atoms with Gasteiger partial charge in [0.1, 0.15) is 42.6 Å². The molecule has 1 fully saturated rings. The lowest BCUT2D eigenvalue weighted by Crippen LogP contribution is -2.60. The molecule has 1 saturated heterocycles. The van der Waals surface area contributed by atoms with Crippen LogP contribution in [0, 0.1) is 5.92 Å². The van der Waals surface area contributed by atoms with Crippen LogP contribution in [0.15, 0.2) is 95.5 Å². The molecule has 4 heterocycles. The number of fused-ring (bicyclic) bond motifs is 1. The van der Waals surface area contributed by atoms with Gasteiger partial charge >= 0.3 is 6.18 Å². The molecule has 0 spiro atoms. The van der Waals surface area contributed by atoms with Crippen LogP contribution in [0.25, 0.3) is 11.3 Å². The van der Waals surface area contributed by atoms with E-state index in [0.717, 1.165) is 5.56 Å². The third-order valence-corrected chi connectivity index (χ3v) is 9.34. The molecule has 0 aliphatic carbocycles. The van der Waals surface area contributed by atoms with Crippen LogP contribution in [0.1, 0.15) is 29.5 Å². The van der Waals surface area contributed by atoms with Gasteiger partial charge in [0, 0.05) is 61.5 Å². The van der Waals surface area contributed by atoms with Crippen molar-refractivity contribution in [3.05, 3.63) is 108 Å². The molecule has 6 rings (SSSR count). The van der Waals surface area contributed by atoms with Crippen molar-refractivity contribution in [1.29, 1.82) is 0 Å². The second-order valence-electron chi connectivity index (χ2n) is 13.2. The molecular formula is C38H42F3N5O6. The summed E-state index contributed by atoms with van der Waals surface area (Å²) in [5.74, 6) is -0.142. The third kappa shape index (κ3) is 9.76. The number of rotatable bonds is 13. The van der Waals surface area contributed by atoms with Gasteiger partial charge in [-0.25, -0.2) is 0 Å². The highest BCUT2D eigenvalue weighted by Gasteiger charge is 2.38. The number of benzene rings is 2. The average Bonchev–Trinajstić information content (AvgIpc) is 3.61. The van der Waals surface area contributed by atoms with Gasteiger partial charge in [-0.1, -0.05) is 54.6 Å². The fourth-order valence-corrected chi connectivity index (χ4v) is 6.75.